The highest BCUT2D eigenvalue weighted by molar-refractivity contribution is 5.19. The summed E-state index contributed by atoms with van der Waals surface area (Å²) in [7, 11) is 0. The van der Waals surface area contributed by atoms with E-state index in [4.69, 9.17) is 15.2 Å². The number of ether oxygens (including phenoxy) is 2. The lowest BCUT2D eigenvalue weighted by molar-refractivity contribution is 0.00685. The van der Waals surface area contributed by atoms with Crippen molar-refractivity contribution < 1.29 is 13.9 Å². The monoisotopic (exact) mass is 255 g/mol. The molecule has 4 heteroatoms. The highest BCUT2D eigenvalue weighted by Crippen LogP contribution is 2.16. The Hall–Kier alpha value is -0.970. The smallest absolute Gasteiger partial charge is 0.123 e. The van der Waals surface area contributed by atoms with Crippen LogP contribution in [0, 0.1) is 5.82 Å². The quantitative estimate of drug-likeness (QED) is 0.690. The van der Waals surface area contributed by atoms with Gasteiger partial charge in [0.25, 0.3) is 0 Å². The van der Waals surface area contributed by atoms with Crippen LogP contribution in [0.2, 0.25) is 0 Å². The van der Waals surface area contributed by atoms with Crippen molar-refractivity contribution in [3.05, 3.63) is 35.6 Å². The summed E-state index contributed by atoms with van der Waals surface area (Å²) in [6.07, 6.45) is 1.91. The summed E-state index contributed by atoms with van der Waals surface area (Å²) in [5.74, 6) is -0.270. The van der Waals surface area contributed by atoms with Crippen molar-refractivity contribution in [2.75, 3.05) is 26.4 Å². The molecule has 0 aliphatic carbocycles. The fourth-order valence-corrected chi connectivity index (χ4v) is 1.60. The van der Waals surface area contributed by atoms with Crippen LogP contribution in [-0.4, -0.2) is 26.4 Å². The Morgan fingerprint density at radius 1 is 1.28 bits per heavy atom. The molecule has 0 saturated heterocycles. The van der Waals surface area contributed by atoms with Crippen molar-refractivity contribution in [3.8, 4) is 0 Å². The molecular formula is C14H22FNO2. The van der Waals surface area contributed by atoms with Crippen LogP contribution in [0.5, 0.6) is 0 Å². The first-order valence-electron chi connectivity index (χ1n) is 6.42. The third-order valence-corrected chi connectivity index (χ3v) is 2.62. The van der Waals surface area contributed by atoms with Gasteiger partial charge in [0, 0.05) is 13.2 Å². The lowest BCUT2D eigenvalue weighted by Crippen LogP contribution is -2.18. The third-order valence-electron chi connectivity index (χ3n) is 2.62. The lowest BCUT2D eigenvalue weighted by Gasteiger charge is -2.16. The van der Waals surface area contributed by atoms with Crippen LogP contribution in [0.1, 0.15) is 31.4 Å². The van der Waals surface area contributed by atoms with E-state index in [1.54, 1.807) is 6.07 Å². The maximum absolute atomic E-state index is 13.1. The zero-order chi connectivity index (χ0) is 13.2. The second-order valence-electron chi connectivity index (χ2n) is 4.12. The highest BCUT2D eigenvalue weighted by atomic mass is 19.1. The molecule has 0 aliphatic heterocycles. The molecule has 0 aliphatic rings. The molecule has 1 aromatic rings. The maximum Gasteiger partial charge on any atom is 0.123 e. The molecule has 0 saturated carbocycles. The van der Waals surface area contributed by atoms with Crippen molar-refractivity contribution in [2.24, 2.45) is 5.73 Å². The van der Waals surface area contributed by atoms with Gasteiger partial charge in [0.2, 0.25) is 0 Å². The zero-order valence-corrected chi connectivity index (χ0v) is 10.9. The lowest BCUT2D eigenvalue weighted by atomic mass is 10.1. The SMILES string of the molecule is CCCCOCCOC(CN)c1cccc(F)c1. The summed E-state index contributed by atoms with van der Waals surface area (Å²) in [6, 6.07) is 6.34. The standard InChI is InChI=1S/C14H22FNO2/c1-2-3-7-17-8-9-18-14(11-16)12-5-4-6-13(15)10-12/h4-6,10,14H,2-3,7-9,11,16H2,1H3. The van der Waals surface area contributed by atoms with Gasteiger partial charge in [-0.25, -0.2) is 4.39 Å². The van der Waals surface area contributed by atoms with Crippen LogP contribution in [0.3, 0.4) is 0 Å². The summed E-state index contributed by atoms with van der Waals surface area (Å²) in [5.41, 5.74) is 6.40. The molecule has 0 heterocycles. The fourth-order valence-electron chi connectivity index (χ4n) is 1.60. The summed E-state index contributed by atoms with van der Waals surface area (Å²) in [6.45, 7) is 4.23. The first-order valence-corrected chi connectivity index (χ1v) is 6.42. The molecule has 1 unspecified atom stereocenters. The van der Waals surface area contributed by atoms with Crippen molar-refractivity contribution in [2.45, 2.75) is 25.9 Å². The average molecular weight is 255 g/mol. The molecule has 1 atom stereocenters. The summed E-state index contributed by atoms with van der Waals surface area (Å²) < 4.78 is 24.1. The van der Waals surface area contributed by atoms with E-state index in [0.29, 0.717) is 19.8 Å². The van der Waals surface area contributed by atoms with Gasteiger partial charge in [-0.15, -0.1) is 0 Å². The van der Waals surface area contributed by atoms with Crippen LogP contribution in [0.25, 0.3) is 0 Å². The summed E-state index contributed by atoms with van der Waals surface area (Å²) >= 11 is 0. The Morgan fingerprint density at radius 3 is 2.78 bits per heavy atom. The third kappa shape index (κ3) is 5.58. The number of rotatable bonds is 9. The fraction of sp³-hybridized carbons (Fsp3) is 0.571. The molecule has 3 nitrogen and oxygen atoms in total. The van der Waals surface area contributed by atoms with Gasteiger partial charge in [-0.1, -0.05) is 25.5 Å². The summed E-state index contributed by atoms with van der Waals surface area (Å²) in [4.78, 5) is 0. The van der Waals surface area contributed by atoms with Gasteiger partial charge in [0.05, 0.1) is 19.3 Å². The Bertz CT molecular complexity index is 333. The summed E-state index contributed by atoms with van der Waals surface area (Å²) in [5, 5.41) is 0. The minimum Gasteiger partial charge on any atom is -0.379 e. The number of halogens is 1. The van der Waals surface area contributed by atoms with E-state index in [0.717, 1.165) is 25.0 Å². The molecule has 0 radical (unpaired) electrons. The predicted octanol–water partition coefficient (Wildman–Crippen LogP) is 2.66. The number of hydrogen-bond acceptors (Lipinski definition) is 3. The van der Waals surface area contributed by atoms with Crippen molar-refractivity contribution in [1.29, 1.82) is 0 Å². The van der Waals surface area contributed by atoms with Crippen LogP contribution in [0.4, 0.5) is 4.39 Å². The molecule has 0 bridgehead atoms. The van der Waals surface area contributed by atoms with Gasteiger partial charge in [-0.05, 0) is 24.1 Å². The topological polar surface area (TPSA) is 44.5 Å². The first-order chi connectivity index (χ1) is 8.77. The number of nitrogens with two attached hydrogens (primary N) is 1. The van der Waals surface area contributed by atoms with Gasteiger partial charge in [-0.2, -0.15) is 0 Å². The van der Waals surface area contributed by atoms with Gasteiger partial charge in [0.1, 0.15) is 5.82 Å². The van der Waals surface area contributed by atoms with E-state index in [1.807, 2.05) is 6.07 Å². The number of unbranched alkanes of at least 4 members (excludes halogenated alkanes) is 1. The molecule has 1 rings (SSSR count). The predicted molar refractivity (Wildman–Crippen MR) is 69.9 cm³/mol. The second-order valence-corrected chi connectivity index (χ2v) is 4.12. The second kappa shape index (κ2) is 9.03. The molecular weight excluding hydrogens is 233 g/mol. The molecule has 102 valence electrons. The van der Waals surface area contributed by atoms with Gasteiger partial charge >= 0.3 is 0 Å². The van der Waals surface area contributed by atoms with E-state index in [9.17, 15) is 4.39 Å². The minimum atomic E-state index is -0.270. The number of hydrogen-bond donors (Lipinski definition) is 1. The molecule has 0 aromatic heterocycles. The molecule has 18 heavy (non-hydrogen) atoms. The van der Waals surface area contributed by atoms with Gasteiger partial charge < -0.3 is 15.2 Å². The Labute approximate surface area is 108 Å². The molecule has 0 fully saturated rings. The van der Waals surface area contributed by atoms with Crippen LogP contribution >= 0.6 is 0 Å². The molecule has 0 spiro atoms. The maximum atomic E-state index is 13.1. The van der Waals surface area contributed by atoms with E-state index < -0.39 is 0 Å². The van der Waals surface area contributed by atoms with Crippen LogP contribution < -0.4 is 5.73 Å². The Morgan fingerprint density at radius 2 is 2.11 bits per heavy atom. The Kier molecular flexibility index (Phi) is 7.57. The van der Waals surface area contributed by atoms with Crippen molar-refractivity contribution >= 4 is 0 Å². The Balaban J connectivity index is 2.29. The van der Waals surface area contributed by atoms with E-state index in [2.05, 4.69) is 6.92 Å². The highest BCUT2D eigenvalue weighted by Gasteiger charge is 2.10. The van der Waals surface area contributed by atoms with Gasteiger partial charge in [-0.3, -0.25) is 0 Å². The van der Waals surface area contributed by atoms with Crippen LogP contribution in [-0.2, 0) is 9.47 Å². The zero-order valence-electron chi connectivity index (χ0n) is 10.9. The van der Waals surface area contributed by atoms with Gasteiger partial charge in [0.15, 0.2) is 0 Å². The normalized spacial score (nSPS) is 12.6. The van der Waals surface area contributed by atoms with E-state index in [1.165, 1.54) is 12.1 Å². The molecule has 2 N–H and O–H groups in total. The first kappa shape index (κ1) is 15.1. The molecule has 0 amide bonds. The molecule has 1 aromatic carbocycles. The number of benzene rings is 1. The largest absolute Gasteiger partial charge is 0.379 e. The van der Waals surface area contributed by atoms with Crippen molar-refractivity contribution in [1.82, 2.24) is 0 Å². The van der Waals surface area contributed by atoms with E-state index in [-0.39, 0.29) is 11.9 Å². The average Bonchev–Trinajstić information content (AvgIpc) is 2.38. The van der Waals surface area contributed by atoms with Crippen molar-refractivity contribution in [3.63, 3.8) is 0 Å². The minimum absolute atomic E-state index is 0.268. The van der Waals surface area contributed by atoms with E-state index >= 15 is 0 Å². The van der Waals surface area contributed by atoms with Crippen LogP contribution in [0.15, 0.2) is 24.3 Å².